The molecule has 3 heterocycles. The van der Waals surface area contributed by atoms with Crippen molar-refractivity contribution in [2.24, 2.45) is 0 Å². The summed E-state index contributed by atoms with van der Waals surface area (Å²) in [5.41, 5.74) is 2.66. The first-order valence-corrected chi connectivity index (χ1v) is 5.37. The van der Waals surface area contributed by atoms with Gasteiger partial charge in [0.1, 0.15) is 11.3 Å². The second kappa shape index (κ2) is 3.96. The fourth-order valence-corrected chi connectivity index (χ4v) is 1.85. The molecule has 0 spiro atoms. The van der Waals surface area contributed by atoms with Crippen molar-refractivity contribution in [3.05, 3.63) is 54.6 Å². The largest absolute Gasteiger partial charge is 0.477 e. The third-order valence-corrected chi connectivity index (χ3v) is 2.71. The van der Waals surface area contributed by atoms with Gasteiger partial charge in [-0.1, -0.05) is 6.07 Å². The number of aromatic nitrogens is 3. The van der Waals surface area contributed by atoms with Gasteiger partial charge in [0.2, 0.25) is 0 Å². The molecule has 0 aliphatic heterocycles. The van der Waals surface area contributed by atoms with Gasteiger partial charge in [0.15, 0.2) is 0 Å². The molecular weight excluding hydrogens is 230 g/mol. The molecule has 0 saturated carbocycles. The van der Waals surface area contributed by atoms with Crippen LogP contribution in [0.2, 0.25) is 0 Å². The van der Waals surface area contributed by atoms with Crippen molar-refractivity contribution in [3.8, 4) is 11.3 Å². The zero-order valence-corrected chi connectivity index (χ0v) is 9.32. The summed E-state index contributed by atoms with van der Waals surface area (Å²) in [5, 5.41) is 8.81. The summed E-state index contributed by atoms with van der Waals surface area (Å²) in [6.45, 7) is 0. The molecule has 0 amide bonds. The van der Waals surface area contributed by atoms with Gasteiger partial charge in [-0.2, -0.15) is 0 Å². The Morgan fingerprint density at radius 2 is 2.06 bits per heavy atom. The number of hydrogen-bond acceptors (Lipinski definition) is 3. The Balaban J connectivity index is 2.14. The highest BCUT2D eigenvalue weighted by atomic mass is 16.4. The lowest BCUT2D eigenvalue weighted by molar-refractivity contribution is 0.0690. The zero-order valence-electron chi connectivity index (χ0n) is 9.32. The van der Waals surface area contributed by atoms with Crippen molar-refractivity contribution < 1.29 is 9.90 Å². The Morgan fingerprint density at radius 3 is 2.78 bits per heavy atom. The number of nitrogens with zero attached hydrogens (tertiary/aromatic N) is 3. The molecule has 18 heavy (non-hydrogen) atoms. The zero-order chi connectivity index (χ0) is 12.5. The molecule has 5 nitrogen and oxygen atoms in total. The molecule has 3 aromatic heterocycles. The lowest BCUT2D eigenvalue weighted by Crippen LogP contribution is -2.00. The van der Waals surface area contributed by atoms with E-state index in [1.54, 1.807) is 18.5 Å². The van der Waals surface area contributed by atoms with Crippen molar-refractivity contribution >= 4 is 11.6 Å². The molecule has 88 valence electrons. The highest BCUT2D eigenvalue weighted by Crippen LogP contribution is 2.19. The van der Waals surface area contributed by atoms with Gasteiger partial charge >= 0.3 is 5.97 Å². The standard InChI is InChI=1S/C13H9N3O2/c17-13(18)10-5-4-9(8-15-10)11-2-1-3-12-14-6-7-16(11)12/h1-8H,(H,17,18). The van der Waals surface area contributed by atoms with Gasteiger partial charge < -0.3 is 5.11 Å². The molecule has 0 fully saturated rings. The molecule has 0 radical (unpaired) electrons. The van der Waals surface area contributed by atoms with Crippen LogP contribution < -0.4 is 0 Å². The van der Waals surface area contributed by atoms with Crippen LogP contribution in [0.25, 0.3) is 16.9 Å². The van der Waals surface area contributed by atoms with E-state index in [0.29, 0.717) is 0 Å². The third-order valence-electron chi connectivity index (χ3n) is 2.71. The maximum absolute atomic E-state index is 10.7. The van der Waals surface area contributed by atoms with Crippen molar-refractivity contribution in [2.45, 2.75) is 0 Å². The van der Waals surface area contributed by atoms with E-state index in [1.807, 2.05) is 28.8 Å². The van der Waals surface area contributed by atoms with E-state index in [1.165, 1.54) is 6.07 Å². The van der Waals surface area contributed by atoms with Crippen molar-refractivity contribution in [1.29, 1.82) is 0 Å². The number of hydrogen-bond donors (Lipinski definition) is 1. The van der Waals surface area contributed by atoms with Crippen LogP contribution in [0.3, 0.4) is 0 Å². The number of carbonyl (C=O) groups is 1. The Kier molecular flexibility index (Phi) is 2.30. The fourth-order valence-electron chi connectivity index (χ4n) is 1.85. The molecule has 0 bridgehead atoms. The first kappa shape index (κ1) is 10.5. The molecule has 0 unspecified atom stereocenters. The molecule has 5 heteroatoms. The van der Waals surface area contributed by atoms with E-state index in [2.05, 4.69) is 9.97 Å². The summed E-state index contributed by atoms with van der Waals surface area (Å²) in [5.74, 6) is -1.03. The lowest BCUT2D eigenvalue weighted by Gasteiger charge is -2.05. The average molecular weight is 239 g/mol. The van der Waals surface area contributed by atoms with Crippen molar-refractivity contribution in [3.63, 3.8) is 0 Å². The maximum Gasteiger partial charge on any atom is 0.354 e. The SMILES string of the molecule is O=C(O)c1ccc(-c2cccc3nccn23)cn1. The monoisotopic (exact) mass is 239 g/mol. The highest BCUT2D eigenvalue weighted by Gasteiger charge is 2.07. The summed E-state index contributed by atoms with van der Waals surface area (Å²) in [6, 6.07) is 8.98. The summed E-state index contributed by atoms with van der Waals surface area (Å²) in [4.78, 5) is 18.9. The van der Waals surface area contributed by atoms with Gasteiger partial charge in [-0.15, -0.1) is 0 Å². The van der Waals surface area contributed by atoms with Gasteiger partial charge in [-0.25, -0.2) is 14.8 Å². The van der Waals surface area contributed by atoms with E-state index < -0.39 is 5.97 Å². The molecule has 0 aliphatic carbocycles. The van der Waals surface area contributed by atoms with E-state index in [0.717, 1.165) is 16.9 Å². The van der Waals surface area contributed by atoms with Crippen LogP contribution in [0, 0.1) is 0 Å². The number of imidazole rings is 1. The number of rotatable bonds is 2. The smallest absolute Gasteiger partial charge is 0.354 e. The number of carboxylic acids is 1. The van der Waals surface area contributed by atoms with Crippen molar-refractivity contribution in [1.82, 2.24) is 14.4 Å². The Morgan fingerprint density at radius 1 is 1.17 bits per heavy atom. The molecule has 0 atom stereocenters. The number of aromatic carboxylic acids is 1. The summed E-state index contributed by atoms with van der Waals surface area (Å²) in [7, 11) is 0. The minimum absolute atomic E-state index is 0.0385. The Hall–Kier alpha value is -2.69. The van der Waals surface area contributed by atoms with E-state index in [-0.39, 0.29) is 5.69 Å². The number of carboxylic acid groups (broad SMARTS) is 1. The van der Waals surface area contributed by atoms with Crippen LogP contribution in [0.5, 0.6) is 0 Å². The van der Waals surface area contributed by atoms with Crippen LogP contribution in [-0.4, -0.2) is 25.4 Å². The van der Waals surface area contributed by atoms with Gasteiger partial charge in [0, 0.05) is 24.2 Å². The molecule has 0 aliphatic rings. The van der Waals surface area contributed by atoms with Gasteiger partial charge in [0.25, 0.3) is 0 Å². The molecule has 1 N–H and O–H groups in total. The maximum atomic E-state index is 10.7. The number of pyridine rings is 2. The van der Waals surface area contributed by atoms with Crippen LogP contribution in [0.15, 0.2) is 48.9 Å². The van der Waals surface area contributed by atoms with Gasteiger partial charge in [-0.3, -0.25) is 4.40 Å². The minimum atomic E-state index is -1.03. The van der Waals surface area contributed by atoms with Crippen LogP contribution >= 0.6 is 0 Å². The summed E-state index contributed by atoms with van der Waals surface area (Å²) < 4.78 is 1.93. The van der Waals surface area contributed by atoms with E-state index in [9.17, 15) is 4.79 Å². The number of fused-ring (bicyclic) bond motifs is 1. The quantitative estimate of drug-likeness (QED) is 0.743. The molecule has 0 saturated heterocycles. The van der Waals surface area contributed by atoms with E-state index >= 15 is 0 Å². The minimum Gasteiger partial charge on any atom is -0.477 e. The Bertz CT molecular complexity index is 716. The molecule has 3 aromatic rings. The van der Waals surface area contributed by atoms with Crippen LogP contribution in [0.1, 0.15) is 10.5 Å². The summed E-state index contributed by atoms with van der Waals surface area (Å²) in [6.07, 6.45) is 5.13. The average Bonchev–Trinajstić information content (AvgIpc) is 2.87. The molecular formula is C13H9N3O2. The van der Waals surface area contributed by atoms with Gasteiger partial charge in [-0.05, 0) is 24.3 Å². The topological polar surface area (TPSA) is 67.5 Å². The molecule has 3 rings (SSSR count). The second-order valence-electron chi connectivity index (χ2n) is 3.80. The fraction of sp³-hybridized carbons (Fsp3) is 0. The normalized spacial score (nSPS) is 10.7. The lowest BCUT2D eigenvalue weighted by atomic mass is 10.1. The third kappa shape index (κ3) is 1.62. The van der Waals surface area contributed by atoms with Gasteiger partial charge in [0.05, 0.1) is 5.69 Å². The van der Waals surface area contributed by atoms with E-state index in [4.69, 9.17) is 5.11 Å². The Labute approximate surface area is 102 Å². The predicted octanol–water partition coefficient (Wildman–Crippen LogP) is 2.09. The highest BCUT2D eigenvalue weighted by molar-refractivity contribution is 5.85. The van der Waals surface area contributed by atoms with Crippen LogP contribution in [0.4, 0.5) is 0 Å². The predicted molar refractivity (Wildman–Crippen MR) is 65.4 cm³/mol. The first-order valence-electron chi connectivity index (χ1n) is 5.37. The summed E-state index contributed by atoms with van der Waals surface area (Å²) >= 11 is 0. The van der Waals surface area contributed by atoms with Crippen molar-refractivity contribution in [2.75, 3.05) is 0 Å². The second-order valence-corrected chi connectivity index (χ2v) is 3.80. The van der Waals surface area contributed by atoms with Crippen LogP contribution in [-0.2, 0) is 0 Å². The first-order chi connectivity index (χ1) is 8.75. The molecule has 0 aromatic carbocycles.